The van der Waals surface area contributed by atoms with Crippen molar-refractivity contribution in [2.75, 3.05) is 6.54 Å². The summed E-state index contributed by atoms with van der Waals surface area (Å²) in [6.45, 7) is 6.73. The van der Waals surface area contributed by atoms with E-state index in [9.17, 15) is 4.79 Å². The van der Waals surface area contributed by atoms with E-state index in [0.29, 0.717) is 18.2 Å². The zero-order valence-electron chi connectivity index (χ0n) is 11.3. The summed E-state index contributed by atoms with van der Waals surface area (Å²) in [6.07, 6.45) is 2.33. The Morgan fingerprint density at radius 3 is 2.72 bits per heavy atom. The topological polar surface area (TPSA) is 83.8 Å². The van der Waals surface area contributed by atoms with E-state index in [1.165, 1.54) is 0 Å². The zero-order chi connectivity index (χ0) is 13.3. The maximum atomic E-state index is 12.0. The molecule has 1 aromatic rings. The Kier molecular flexibility index (Phi) is 3.43. The third-order valence-corrected chi connectivity index (χ3v) is 3.38. The van der Waals surface area contributed by atoms with E-state index in [4.69, 9.17) is 5.73 Å². The van der Waals surface area contributed by atoms with E-state index in [2.05, 4.69) is 36.3 Å². The minimum Gasteiger partial charge on any atom is -0.346 e. The molecule has 0 aliphatic heterocycles. The van der Waals surface area contributed by atoms with Gasteiger partial charge >= 0.3 is 0 Å². The highest BCUT2D eigenvalue weighted by atomic mass is 16.2. The van der Waals surface area contributed by atoms with Crippen molar-refractivity contribution >= 4 is 5.91 Å². The van der Waals surface area contributed by atoms with Gasteiger partial charge in [0, 0.05) is 23.7 Å². The number of hydrogen-bond acceptors (Lipinski definition) is 3. The fraction of sp³-hybridized carbons (Fsp3) is 0.692. The van der Waals surface area contributed by atoms with Crippen LogP contribution < -0.4 is 11.1 Å². The van der Waals surface area contributed by atoms with Crippen LogP contribution in [0.1, 0.15) is 49.8 Å². The Balaban J connectivity index is 2.02. The van der Waals surface area contributed by atoms with E-state index in [-0.39, 0.29) is 17.4 Å². The lowest BCUT2D eigenvalue weighted by Gasteiger charge is -2.15. The molecule has 1 aromatic heterocycles. The van der Waals surface area contributed by atoms with Gasteiger partial charge in [0.2, 0.25) is 0 Å². The molecule has 0 saturated heterocycles. The summed E-state index contributed by atoms with van der Waals surface area (Å²) in [7, 11) is 0. The van der Waals surface area contributed by atoms with Gasteiger partial charge in [-0.3, -0.25) is 9.89 Å². The van der Waals surface area contributed by atoms with Crippen molar-refractivity contribution in [2.45, 2.75) is 45.1 Å². The molecule has 1 unspecified atom stereocenters. The molecule has 1 aliphatic rings. The molecule has 4 N–H and O–H groups in total. The van der Waals surface area contributed by atoms with Gasteiger partial charge in [-0.25, -0.2) is 0 Å². The maximum absolute atomic E-state index is 12.0. The lowest BCUT2D eigenvalue weighted by molar-refractivity contribution is 0.0928. The van der Waals surface area contributed by atoms with Crippen molar-refractivity contribution in [1.29, 1.82) is 0 Å². The second-order valence-corrected chi connectivity index (χ2v) is 6.07. The number of nitrogens with zero attached hydrogens (tertiary/aromatic N) is 1. The van der Waals surface area contributed by atoms with Gasteiger partial charge in [0.1, 0.15) is 5.69 Å². The van der Waals surface area contributed by atoms with Gasteiger partial charge in [0.05, 0.1) is 0 Å². The van der Waals surface area contributed by atoms with Crippen molar-refractivity contribution in [2.24, 2.45) is 11.7 Å². The Bertz CT molecular complexity index is 428. The van der Waals surface area contributed by atoms with E-state index in [1.54, 1.807) is 0 Å². The zero-order valence-corrected chi connectivity index (χ0v) is 11.3. The van der Waals surface area contributed by atoms with Crippen LogP contribution in [0, 0.1) is 5.92 Å². The fourth-order valence-electron chi connectivity index (χ4n) is 1.93. The minimum absolute atomic E-state index is 0.0324. The first-order valence-corrected chi connectivity index (χ1v) is 6.48. The number of nitrogens with one attached hydrogen (secondary N) is 2. The number of carbonyl (C=O) groups excluding carboxylic acids is 1. The first-order chi connectivity index (χ1) is 8.41. The van der Waals surface area contributed by atoms with Crippen molar-refractivity contribution in [3.63, 3.8) is 0 Å². The summed E-state index contributed by atoms with van der Waals surface area (Å²) < 4.78 is 0. The summed E-state index contributed by atoms with van der Waals surface area (Å²) >= 11 is 0. The van der Waals surface area contributed by atoms with Crippen molar-refractivity contribution in [3.8, 4) is 0 Å². The van der Waals surface area contributed by atoms with Crippen molar-refractivity contribution in [3.05, 3.63) is 17.5 Å². The third-order valence-electron chi connectivity index (χ3n) is 3.38. The van der Waals surface area contributed by atoms with Crippen molar-refractivity contribution < 1.29 is 4.79 Å². The van der Waals surface area contributed by atoms with E-state index in [0.717, 1.165) is 18.5 Å². The molecule has 1 saturated carbocycles. The standard InChI is InChI=1S/C13H22N4O/c1-13(2,3)11-6-9(16-17-11)12(18)15-10(7-14)8-4-5-8/h6,8,10H,4-5,7,14H2,1-3H3,(H,15,18)(H,16,17). The molecule has 1 atom stereocenters. The SMILES string of the molecule is CC(C)(C)c1cc(C(=O)NC(CN)C2CC2)n[nH]1. The summed E-state index contributed by atoms with van der Waals surface area (Å²) in [6, 6.07) is 1.91. The molecule has 5 heteroatoms. The molecule has 2 rings (SSSR count). The lowest BCUT2D eigenvalue weighted by atomic mass is 9.92. The first kappa shape index (κ1) is 13.1. The third kappa shape index (κ3) is 2.90. The quantitative estimate of drug-likeness (QED) is 0.750. The van der Waals surface area contributed by atoms with Crippen LogP contribution >= 0.6 is 0 Å². The van der Waals surface area contributed by atoms with Gasteiger partial charge in [-0.1, -0.05) is 20.8 Å². The molecule has 100 valence electrons. The summed E-state index contributed by atoms with van der Waals surface area (Å²) in [5.41, 5.74) is 7.04. The highest BCUT2D eigenvalue weighted by Crippen LogP contribution is 2.32. The van der Waals surface area contributed by atoms with Crippen LogP contribution in [0.2, 0.25) is 0 Å². The average molecular weight is 250 g/mol. The largest absolute Gasteiger partial charge is 0.346 e. The number of aromatic amines is 1. The van der Waals surface area contributed by atoms with Gasteiger partial charge in [0.25, 0.3) is 5.91 Å². The second kappa shape index (κ2) is 4.72. The van der Waals surface area contributed by atoms with E-state index in [1.807, 2.05) is 6.07 Å². The highest BCUT2D eigenvalue weighted by molar-refractivity contribution is 5.92. The van der Waals surface area contributed by atoms with Gasteiger partial charge in [-0.05, 0) is 24.8 Å². The van der Waals surface area contributed by atoms with Crippen LogP contribution in [0.15, 0.2) is 6.07 Å². The van der Waals surface area contributed by atoms with Gasteiger partial charge in [0.15, 0.2) is 0 Å². The number of nitrogens with two attached hydrogens (primary N) is 1. The fourth-order valence-corrected chi connectivity index (χ4v) is 1.93. The Morgan fingerprint density at radius 1 is 1.61 bits per heavy atom. The van der Waals surface area contributed by atoms with Gasteiger partial charge in [-0.15, -0.1) is 0 Å². The van der Waals surface area contributed by atoms with Crippen LogP contribution in [-0.2, 0) is 5.41 Å². The van der Waals surface area contributed by atoms with Crippen LogP contribution in [-0.4, -0.2) is 28.7 Å². The number of carbonyl (C=O) groups is 1. The molecule has 1 fully saturated rings. The molecule has 1 aliphatic carbocycles. The normalized spacial score (nSPS) is 17.6. The number of hydrogen-bond donors (Lipinski definition) is 3. The van der Waals surface area contributed by atoms with Crippen LogP contribution in [0.25, 0.3) is 0 Å². The van der Waals surface area contributed by atoms with Crippen LogP contribution in [0.4, 0.5) is 0 Å². The highest BCUT2D eigenvalue weighted by Gasteiger charge is 2.32. The summed E-state index contributed by atoms with van der Waals surface area (Å²) in [5.74, 6) is 0.420. The summed E-state index contributed by atoms with van der Waals surface area (Å²) in [4.78, 5) is 12.0. The monoisotopic (exact) mass is 250 g/mol. The van der Waals surface area contributed by atoms with Crippen molar-refractivity contribution in [1.82, 2.24) is 15.5 Å². The van der Waals surface area contributed by atoms with Crippen LogP contribution in [0.5, 0.6) is 0 Å². The molecule has 1 amide bonds. The minimum atomic E-state index is -0.135. The molecule has 0 radical (unpaired) electrons. The predicted octanol–water partition coefficient (Wildman–Crippen LogP) is 1.17. The van der Waals surface area contributed by atoms with Crippen LogP contribution in [0.3, 0.4) is 0 Å². The smallest absolute Gasteiger partial charge is 0.272 e. The van der Waals surface area contributed by atoms with Gasteiger partial charge < -0.3 is 11.1 Å². The molecule has 0 aromatic carbocycles. The second-order valence-electron chi connectivity index (χ2n) is 6.07. The van der Waals surface area contributed by atoms with Gasteiger partial charge in [-0.2, -0.15) is 5.10 Å². The van der Waals surface area contributed by atoms with E-state index < -0.39 is 0 Å². The predicted molar refractivity (Wildman–Crippen MR) is 70.3 cm³/mol. The molecule has 5 nitrogen and oxygen atoms in total. The molecule has 1 heterocycles. The maximum Gasteiger partial charge on any atom is 0.272 e. The molecular formula is C13H22N4O. The van der Waals surface area contributed by atoms with E-state index >= 15 is 0 Å². The molecule has 0 bridgehead atoms. The number of rotatable bonds is 4. The number of aromatic nitrogens is 2. The number of H-pyrrole nitrogens is 1. The molecule has 18 heavy (non-hydrogen) atoms. The first-order valence-electron chi connectivity index (χ1n) is 6.48. The average Bonchev–Trinajstić information content (AvgIpc) is 2.99. The summed E-state index contributed by atoms with van der Waals surface area (Å²) in [5, 5.41) is 9.96. The number of amides is 1. The lowest BCUT2D eigenvalue weighted by Crippen LogP contribution is -2.41. The Hall–Kier alpha value is -1.36. The molecular weight excluding hydrogens is 228 g/mol. The Labute approximate surface area is 108 Å². The Morgan fingerprint density at radius 2 is 2.28 bits per heavy atom. The molecule has 0 spiro atoms.